The zero-order valence-corrected chi connectivity index (χ0v) is 9.22. The summed E-state index contributed by atoms with van der Waals surface area (Å²) >= 11 is 0. The van der Waals surface area contributed by atoms with Gasteiger partial charge in [-0.25, -0.2) is 0 Å². The lowest BCUT2D eigenvalue weighted by Crippen LogP contribution is -1.85. The van der Waals surface area contributed by atoms with Crippen molar-refractivity contribution in [2.45, 2.75) is 40.5 Å². The Labute approximate surface area is 82.0 Å². The molecule has 0 bridgehead atoms. The fraction of sp³-hybridized carbons (Fsp3) is 0.500. The monoisotopic (exact) mass is 179 g/mol. The molecule has 0 aromatic heterocycles. The molecule has 74 valence electrons. The molecule has 0 fully saturated rings. The van der Waals surface area contributed by atoms with Crippen LogP contribution in [0.4, 0.5) is 0 Å². The van der Waals surface area contributed by atoms with Crippen molar-refractivity contribution in [3.8, 4) is 0 Å². The fourth-order valence-corrected chi connectivity index (χ4v) is 1.22. The van der Waals surface area contributed by atoms with E-state index in [0.29, 0.717) is 0 Å². The van der Waals surface area contributed by atoms with Crippen molar-refractivity contribution in [2.75, 3.05) is 0 Å². The second kappa shape index (κ2) is 6.53. The number of allylic oxidation sites excluding steroid dienone is 5. The summed E-state index contributed by atoms with van der Waals surface area (Å²) in [5.41, 5.74) is 9.45. The maximum atomic E-state index is 5.36. The molecule has 0 aliphatic carbocycles. The lowest BCUT2D eigenvalue weighted by atomic mass is 10.0. The Kier molecular flexibility index (Phi) is 6.03. The zero-order valence-electron chi connectivity index (χ0n) is 9.22. The summed E-state index contributed by atoms with van der Waals surface area (Å²) in [6.45, 7) is 8.62. The van der Waals surface area contributed by atoms with Crippen LogP contribution in [0, 0.1) is 0 Å². The van der Waals surface area contributed by atoms with E-state index in [2.05, 4.69) is 33.8 Å². The van der Waals surface area contributed by atoms with E-state index in [1.165, 1.54) is 16.7 Å². The second-order valence-corrected chi connectivity index (χ2v) is 3.31. The van der Waals surface area contributed by atoms with Gasteiger partial charge in [-0.3, -0.25) is 0 Å². The minimum Gasteiger partial charge on any atom is -0.405 e. The zero-order chi connectivity index (χ0) is 10.3. The average Bonchev–Trinajstić information content (AvgIpc) is 2.11. The SMILES string of the molecule is CCC(/C=C(\C=C/N)CC)=C(C)C. The lowest BCUT2D eigenvalue weighted by Gasteiger charge is -2.03. The fourth-order valence-electron chi connectivity index (χ4n) is 1.22. The van der Waals surface area contributed by atoms with Crippen LogP contribution in [0.5, 0.6) is 0 Å². The highest BCUT2D eigenvalue weighted by atomic mass is 14.5. The largest absolute Gasteiger partial charge is 0.405 e. The van der Waals surface area contributed by atoms with Crippen LogP contribution in [0.25, 0.3) is 0 Å². The van der Waals surface area contributed by atoms with Crippen molar-refractivity contribution >= 4 is 0 Å². The molecular weight excluding hydrogens is 158 g/mol. The van der Waals surface area contributed by atoms with Crippen molar-refractivity contribution in [3.63, 3.8) is 0 Å². The molecule has 0 heterocycles. The molecule has 0 spiro atoms. The van der Waals surface area contributed by atoms with Crippen LogP contribution in [-0.2, 0) is 0 Å². The highest BCUT2D eigenvalue weighted by Gasteiger charge is 1.94. The van der Waals surface area contributed by atoms with Crippen LogP contribution in [0.3, 0.4) is 0 Å². The van der Waals surface area contributed by atoms with Gasteiger partial charge in [-0.1, -0.05) is 25.5 Å². The minimum atomic E-state index is 1.03. The van der Waals surface area contributed by atoms with Crippen molar-refractivity contribution in [3.05, 3.63) is 35.1 Å². The molecule has 1 heteroatoms. The Hall–Kier alpha value is -0.980. The first-order valence-corrected chi connectivity index (χ1v) is 4.90. The summed E-state index contributed by atoms with van der Waals surface area (Å²) in [7, 11) is 0. The van der Waals surface area contributed by atoms with Gasteiger partial charge in [0, 0.05) is 0 Å². The Balaban J connectivity index is 4.76. The number of hydrogen-bond acceptors (Lipinski definition) is 1. The normalized spacial score (nSPS) is 12.2. The molecule has 0 unspecified atom stereocenters. The van der Waals surface area contributed by atoms with Gasteiger partial charge in [-0.15, -0.1) is 0 Å². The van der Waals surface area contributed by atoms with Gasteiger partial charge in [0.15, 0.2) is 0 Å². The van der Waals surface area contributed by atoms with Crippen molar-refractivity contribution in [1.29, 1.82) is 0 Å². The molecule has 0 aromatic rings. The van der Waals surface area contributed by atoms with Gasteiger partial charge < -0.3 is 5.73 Å². The molecule has 0 radical (unpaired) electrons. The predicted octanol–water partition coefficient (Wildman–Crippen LogP) is 3.54. The molecule has 0 aliphatic rings. The Bertz CT molecular complexity index is 228. The van der Waals surface area contributed by atoms with Crippen LogP contribution in [0.1, 0.15) is 40.5 Å². The standard InChI is InChI=1S/C12H21N/c1-5-11(7-8-13)9-12(6-2)10(3)4/h7-9H,5-6,13H2,1-4H3/b8-7-,11-9-. The summed E-state index contributed by atoms with van der Waals surface area (Å²) in [4.78, 5) is 0. The Morgan fingerprint density at radius 2 is 1.77 bits per heavy atom. The third kappa shape index (κ3) is 4.56. The van der Waals surface area contributed by atoms with Crippen molar-refractivity contribution < 1.29 is 0 Å². The van der Waals surface area contributed by atoms with E-state index >= 15 is 0 Å². The first-order valence-electron chi connectivity index (χ1n) is 4.90. The van der Waals surface area contributed by atoms with Crippen LogP contribution in [0.15, 0.2) is 35.1 Å². The van der Waals surface area contributed by atoms with E-state index in [9.17, 15) is 0 Å². The lowest BCUT2D eigenvalue weighted by molar-refractivity contribution is 1.07. The van der Waals surface area contributed by atoms with Gasteiger partial charge in [0.2, 0.25) is 0 Å². The third-order valence-electron chi connectivity index (χ3n) is 2.10. The van der Waals surface area contributed by atoms with Crippen LogP contribution in [-0.4, -0.2) is 0 Å². The Morgan fingerprint density at radius 3 is 2.08 bits per heavy atom. The summed E-state index contributed by atoms with van der Waals surface area (Å²) in [5, 5.41) is 0. The maximum Gasteiger partial charge on any atom is -0.00596 e. The molecule has 0 atom stereocenters. The van der Waals surface area contributed by atoms with E-state index in [1.807, 2.05) is 6.08 Å². The minimum absolute atomic E-state index is 1.03. The predicted molar refractivity (Wildman–Crippen MR) is 60.4 cm³/mol. The number of nitrogens with two attached hydrogens (primary N) is 1. The van der Waals surface area contributed by atoms with Crippen LogP contribution in [0.2, 0.25) is 0 Å². The summed E-state index contributed by atoms with van der Waals surface area (Å²) in [5.74, 6) is 0. The van der Waals surface area contributed by atoms with Gasteiger partial charge in [-0.2, -0.15) is 0 Å². The number of hydrogen-bond donors (Lipinski definition) is 1. The van der Waals surface area contributed by atoms with Gasteiger partial charge >= 0.3 is 0 Å². The Morgan fingerprint density at radius 1 is 1.15 bits per heavy atom. The molecule has 0 aromatic carbocycles. The van der Waals surface area contributed by atoms with E-state index in [1.54, 1.807) is 6.20 Å². The average molecular weight is 179 g/mol. The first kappa shape index (κ1) is 12.0. The molecule has 0 aliphatic heterocycles. The van der Waals surface area contributed by atoms with E-state index < -0.39 is 0 Å². The van der Waals surface area contributed by atoms with Gasteiger partial charge in [0.1, 0.15) is 0 Å². The molecule has 1 nitrogen and oxygen atoms in total. The van der Waals surface area contributed by atoms with Crippen LogP contribution < -0.4 is 5.73 Å². The highest BCUT2D eigenvalue weighted by Crippen LogP contribution is 2.14. The summed E-state index contributed by atoms with van der Waals surface area (Å²) in [6.07, 6.45) is 7.93. The molecule has 0 amide bonds. The van der Waals surface area contributed by atoms with Gasteiger partial charge in [0.25, 0.3) is 0 Å². The molecule has 2 N–H and O–H groups in total. The van der Waals surface area contributed by atoms with Crippen molar-refractivity contribution in [2.24, 2.45) is 5.73 Å². The molecular formula is C12H21N. The van der Waals surface area contributed by atoms with Crippen LogP contribution >= 0.6 is 0 Å². The van der Waals surface area contributed by atoms with E-state index in [-0.39, 0.29) is 0 Å². The number of rotatable bonds is 4. The van der Waals surface area contributed by atoms with E-state index in [0.717, 1.165) is 12.8 Å². The van der Waals surface area contributed by atoms with Gasteiger partial charge in [0.05, 0.1) is 0 Å². The third-order valence-corrected chi connectivity index (χ3v) is 2.10. The van der Waals surface area contributed by atoms with Crippen molar-refractivity contribution in [1.82, 2.24) is 0 Å². The van der Waals surface area contributed by atoms with Gasteiger partial charge in [-0.05, 0) is 50.1 Å². The quantitative estimate of drug-likeness (QED) is 0.656. The maximum absolute atomic E-state index is 5.36. The van der Waals surface area contributed by atoms with E-state index in [4.69, 9.17) is 5.73 Å². The molecule has 0 saturated heterocycles. The molecule has 13 heavy (non-hydrogen) atoms. The summed E-state index contributed by atoms with van der Waals surface area (Å²) in [6, 6.07) is 0. The first-order chi connectivity index (χ1) is 6.15. The molecule has 0 rings (SSSR count). The molecule has 0 saturated carbocycles. The topological polar surface area (TPSA) is 26.0 Å². The smallest absolute Gasteiger partial charge is 0.00596 e. The highest BCUT2D eigenvalue weighted by molar-refractivity contribution is 5.31. The summed E-state index contributed by atoms with van der Waals surface area (Å²) < 4.78 is 0. The second-order valence-electron chi connectivity index (χ2n) is 3.31.